The van der Waals surface area contributed by atoms with E-state index in [0.717, 1.165) is 34.4 Å². The van der Waals surface area contributed by atoms with E-state index >= 15 is 0 Å². The number of hydrogen-bond donors (Lipinski definition) is 0. The molecule has 0 unspecified atom stereocenters. The first-order chi connectivity index (χ1) is 9.88. The van der Waals surface area contributed by atoms with E-state index in [1.54, 1.807) is 5.57 Å². The number of hydrogen-bond acceptors (Lipinski definition) is 1. The van der Waals surface area contributed by atoms with Gasteiger partial charge in [-0.3, -0.25) is 4.90 Å². The largest absolute Gasteiger partial charge is 0.298 e. The number of nitrogens with zero attached hydrogens (tertiary/aromatic N) is 1. The van der Waals surface area contributed by atoms with Crippen molar-refractivity contribution in [2.45, 2.75) is 33.2 Å². The van der Waals surface area contributed by atoms with Crippen molar-refractivity contribution in [3.8, 4) is 0 Å². The molecule has 0 heterocycles. The number of benzene rings is 1. The van der Waals surface area contributed by atoms with Crippen molar-refractivity contribution >= 4 is 27.5 Å². The Morgan fingerprint density at radius 1 is 1.33 bits per heavy atom. The Kier molecular flexibility index (Phi) is 4.24. The molecule has 114 valence electrons. The molecule has 0 amide bonds. The summed E-state index contributed by atoms with van der Waals surface area (Å²) in [5, 5.41) is 0.792. The molecule has 0 radical (unpaired) electrons. The van der Waals surface area contributed by atoms with Crippen LogP contribution in [-0.2, 0) is 6.54 Å². The van der Waals surface area contributed by atoms with E-state index in [2.05, 4.69) is 59.9 Å². The Morgan fingerprint density at radius 2 is 2.10 bits per heavy atom. The van der Waals surface area contributed by atoms with Gasteiger partial charge in [-0.15, -0.1) is 0 Å². The Balaban J connectivity index is 1.63. The normalized spacial score (nSPS) is 26.5. The molecule has 1 nitrogen and oxygen atoms in total. The third-order valence-electron chi connectivity index (χ3n) is 5.47. The standard InChI is InChI=1S/C18H23BrClN/c1-18(2)14-6-5-13(15(18)9-14)11-21(3)10-12-4-7-16(19)17(20)8-12/h4-5,7-8,14-15H,6,9-11H2,1-3H3/t14-,15-/m0/s1. The zero-order chi connectivity index (χ0) is 15.2. The van der Waals surface area contributed by atoms with Crippen molar-refractivity contribution in [1.29, 1.82) is 0 Å². The molecule has 1 fully saturated rings. The van der Waals surface area contributed by atoms with Crippen LogP contribution in [0.4, 0.5) is 0 Å². The minimum Gasteiger partial charge on any atom is -0.298 e. The summed E-state index contributed by atoms with van der Waals surface area (Å²) in [6.45, 7) is 6.90. The molecular weight excluding hydrogens is 346 g/mol. The van der Waals surface area contributed by atoms with Crippen molar-refractivity contribution < 1.29 is 0 Å². The smallest absolute Gasteiger partial charge is 0.0551 e. The summed E-state index contributed by atoms with van der Waals surface area (Å²) in [5.41, 5.74) is 3.44. The van der Waals surface area contributed by atoms with Crippen LogP contribution in [0.5, 0.6) is 0 Å². The molecule has 0 aliphatic heterocycles. The van der Waals surface area contributed by atoms with Crippen molar-refractivity contribution in [3.63, 3.8) is 0 Å². The fraction of sp³-hybridized carbons (Fsp3) is 0.556. The number of allylic oxidation sites excluding steroid dienone is 1. The summed E-state index contributed by atoms with van der Waals surface area (Å²) in [7, 11) is 2.20. The quantitative estimate of drug-likeness (QED) is 0.632. The minimum absolute atomic E-state index is 0.520. The van der Waals surface area contributed by atoms with Gasteiger partial charge in [0.1, 0.15) is 0 Å². The second kappa shape index (κ2) is 5.72. The Hall–Kier alpha value is -0.310. The molecule has 4 rings (SSSR count). The van der Waals surface area contributed by atoms with Crippen LogP contribution in [0.1, 0.15) is 32.3 Å². The highest BCUT2D eigenvalue weighted by molar-refractivity contribution is 9.10. The fourth-order valence-electron chi connectivity index (χ4n) is 3.97. The highest BCUT2D eigenvalue weighted by atomic mass is 79.9. The van der Waals surface area contributed by atoms with Crippen LogP contribution in [0.25, 0.3) is 0 Å². The van der Waals surface area contributed by atoms with Crippen molar-refractivity contribution in [1.82, 2.24) is 4.90 Å². The Labute approximate surface area is 141 Å². The summed E-state index contributed by atoms with van der Waals surface area (Å²) in [6.07, 6.45) is 5.17. The van der Waals surface area contributed by atoms with Crippen LogP contribution >= 0.6 is 27.5 Å². The lowest BCUT2D eigenvalue weighted by Gasteiger charge is -2.57. The predicted octanol–water partition coefficient (Wildman–Crippen LogP) is 5.53. The van der Waals surface area contributed by atoms with Gasteiger partial charge < -0.3 is 0 Å². The van der Waals surface area contributed by atoms with Gasteiger partial charge in [-0.05, 0) is 70.8 Å². The van der Waals surface area contributed by atoms with E-state index in [1.165, 1.54) is 18.4 Å². The van der Waals surface area contributed by atoms with Crippen LogP contribution < -0.4 is 0 Å². The van der Waals surface area contributed by atoms with Gasteiger partial charge in [-0.2, -0.15) is 0 Å². The molecule has 1 aromatic carbocycles. The highest BCUT2D eigenvalue weighted by Gasteiger charge is 2.50. The average Bonchev–Trinajstić information content (AvgIpc) is 2.42. The second-order valence-electron chi connectivity index (χ2n) is 7.24. The fourth-order valence-corrected chi connectivity index (χ4v) is 4.42. The Morgan fingerprint density at radius 3 is 2.71 bits per heavy atom. The first-order valence-corrected chi connectivity index (χ1v) is 8.86. The van der Waals surface area contributed by atoms with Crippen LogP contribution in [0.3, 0.4) is 0 Å². The van der Waals surface area contributed by atoms with Crippen LogP contribution in [0.2, 0.25) is 5.02 Å². The van der Waals surface area contributed by atoms with E-state index in [0.29, 0.717) is 5.41 Å². The molecular formula is C18H23BrClN. The zero-order valence-electron chi connectivity index (χ0n) is 13.0. The molecule has 0 N–H and O–H groups in total. The molecule has 1 aromatic rings. The minimum atomic E-state index is 0.520. The average molecular weight is 369 g/mol. The topological polar surface area (TPSA) is 3.24 Å². The molecule has 0 saturated heterocycles. The monoisotopic (exact) mass is 367 g/mol. The van der Waals surface area contributed by atoms with E-state index in [1.807, 2.05) is 6.07 Å². The van der Waals surface area contributed by atoms with Crippen LogP contribution in [-0.4, -0.2) is 18.5 Å². The van der Waals surface area contributed by atoms with Gasteiger partial charge in [-0.1, -0.05) is 43.2 Å². The molecule has 3 aliphatic carbocycles. The lowest BCUT2D eigenvalue weighted by Crippen LogP contribution is -2.49. The maximum Gasteiger partial charge on any atom is 0.0551 e. The van der Waals surface area contributed by atoms with Crippen LogP contribution in [0.15, 0.2) is 34.3 Å². The van der Waals surface area contributed by atoms with Crippen molar-refractivity contribution in [2.75, 3.05) is 13.6 Å². The SMILES string of the molecule is CN(CC1=CC[C@H]2C[C@@H]1C2(C)C)Cc1ccc(Br)c(Cl)c1. The summed E-state index contributed by atoms with van der Waals surface area (Å²) in [6, 6.07) is 6.23. The van der Waals surface area contributed by atoms with Gasteiger partial charge in [0, 0.05) is 17.6 Å². The van der Waals surface area contributed by atoms with Gasteiger partial charge in [0.2, 0.25) is 0 Å². The van der Waals surface area contributed by atoms with Gasteiger partial charge in [0.15, 0.2) is 0 Å². The predicted molar refractivity (Wildman–Crippen MR) is 93.6 cm³/mol. The van der Waals surface area contributed by atoms with E-state index in [9.17, 15) is 0 Å². The van der Waals surface area contributed by atoms with Gasteiger partial charge in [0.25, 0.3) is 0 Å². The molecule has 3 aliphatic rings. The molecule has 21 heavy (non-hydrogen) atoms. The summed E-state index contributed by atoms with van der Waals surface area (Å²) >= 11 is 9.63. The van der Waals surface area contributed by atoms with Gasteiger partial charge >= 0.3 is 0 Å². The van der Waals surface area contributed by atoms with Crippen LogP contribution in [0, 0.1) is 17.3 Å². The summed E-state index contributed by atoms with van der Waals surface area (Å²) in [5.74, 6) is 1.72. The lowest BCUT2D eigenvalue weighted by molar-refractivity contribution is -0.0101. The molecule has 3 heteroatoms. The molecule has 2 atom stereocenters. The van der Waals surface area contributed by atoms with Crippen molar-refractivity contribution in [2.24, 2.45) is 17.3 Å². The number of halogens is 2. The second-order valence-corrected chi connectivity index (χ2v) is 8.50. The number of fused-ring (bicyclic) bond motifs is 1. The van der Waals surface area contributed by atoms with Crippen molar-refractivity contribution in [3.05, 3.63) is 44.9 Å². The zero-order valence-corrected chi connectivity index (χ0v) is 15.3. The molecule has 2 bridgehead atoms. The molecule has 1 saturated carbocycles. The van der Waals surface area contributed by atoms with E-state index < -0.39 is 0 Å². The summed E-state index contributed by atoms with van der Waals surface area (Å²) < 4.78 is 0.966. The maximum atomic E-state index is 6.18. The highest BCUT2D eigenvalue weighted by Crippen LogP contribution is 2.59. The first-order valence-electron chi connectivity index (χ1n) is 7.69. The Bertz CT molecular complexity index is 579. The van der Waals surface area contributed by atoms with Gasteiger partial charge in [0.05, 0.1) is 5.02 Å². The first kappa shape index (κ1) is 15.6. The molecule has 0 spiro atoms. The van der Waals surface area contributed by atoms with E-state index in [-0.39, 0.29) is 0 Å². The third-order valence-corrected chi connectivity index (χ3v) is 6.70. The number of rotatable bonds is 4. The molecule has 0 aromatic heterocycles. The van der Waals surface area contributed by atoms with E-state index in [4.69, 9.17) is 11.6 Å². The lowest BCUT2D eigenvalue weighted by atomic mass is 9.49. The third kappa shape index (κ3) is 2.95. The summed E-state index contributed by atoms with van der Waals surface area (Å²) in [4.78, 5) is 2.40. The van der Waals surface area contributed by atoms with Gasteiger partial charge in [-0.25, -0.2) is 0 Å². The number of likely N-dealkylation sites (N-methyl/N-ethyl adjacent to an activating group) is 1. The maximum absolute atomic E-state index is 6.18.